The molecule has 0 amide bonds. The van der Waals surface area contributed by atoms with Crippen molar-refractivity contribution >= 4 is 17.8 Å². The average Bonchev–Trinajstić information content (AvgIpc) is 3.00. The van der Waals surface area contributed by atoms with Gasteiger partial charge < -0.3 is 0 Å². The zero-order valence-electron chi connectivity index (χ0n) is 19.4. The van der Waals surface area contributed by atoms with Gasteiger partial charge in [0, 0.05) is 4.90 Å². The Hall–Kier alpha value is -1.47. The van der Waals surface area contributed by atoms with Crippen LogP contribution in [0.15, 0.2) is 70.7 Å². The highest BCUT2D eigenvalue weighted by atomic mass is 32.2. The lowest BCUT2D eigenvalue weighted by atomic mass is 10.0. The Kier molecular flexibility index (Phi) is 13.4. The molecule has 0 spiro atoms. The average molecular weight is 423 g/mol. The van der Waals surface area contributed by atoms with E-state index in [4.69, 9.17) is 0 Å². The van der Waals surface area contributed by atoms with Gasteiger partial charge in [-0.3, -0.25) is 0 Å². The van der Waals surface area contributed by atoms with Gasteiger partial charge in [0.15, 0.2) is 0 Å². The molecular weight excluding hydrogens is 380 g/mol. The third-order valence-corrected chi connectivity index (χ3v) is 6.75. The van der Waals surface area contributed by atoms with Gasteiger partial charge >= 0.3 is 0 Å². The van der Waals surface area contributed by atoms with Crippen LogP contribution in [0.25, 0.3) is 6.08 Å². The summed E-state index contributed by atoms with van der Waals surface area (Å²) < 4.78 is 0. The van der Waals surface area contributed by atoms with E-state index in [9.17, 15) is 0 Å². The first-order chi connectivity index (χ1) is 14.8. The number of rotatable bonds is 15. The lowest BCUT2D eigenvalue weighted by molar-refractivity contribution is 0.608. The van der Waals surface area contributed by atoms with Gasteiger partial charge in [0.1, 0.15) is 0 Å². The van der Waals surface area contributed by atoms with Crippen LogP contribution < -0.4 is 0 Å². The van der Waals surface area contributed by atoms with Crippen molar-refractivity contribution in [3.63, 3.8) is 0 Å². The monoisotopic (exact) mass is 422 g/mol. The van der Waals surface area contributed by atoms with Gasteiger partial charge in [-0.15, -0.1) is 11.8 Å². The number of benzene rings is 1. The van der Waals surface area contributed by atoms with Crippen molar-refractivity contribution < 1.29 is 0 Å². The van der Waals surface area contributed by atoms with Crippen molar-refractivity contribution in [1.82, 2.24) is 0 Å². The summed E-state index contributed by atoms with van der Waals surface area (Å²) in [4.78, 5) is 1.39. The number of unbranched alkanes of at least 4 members (excludes halogenated alkanes) is 8. The van der Waals surface area contributed by atoms with E-state index in [0.29, 0.717) is 0 Å². The molecule has 0 N–H and O–H groups in total. The Balaban J connectivity index is 1.75. The second-order valence-corrected chi connectivity index (χ2v) is 9.59. The predicted molar refractivity (Wildman–Crippen MR) is 138 cm³/mol. The summed E-state index contributed by atoms with van der Waals surface area (Å²) in [5, 5.41) is 0. The predicted octanol–water partition coefficient (Wildman–Crippen LogP) is 9.94. The van der Waals surface area contributed by atoms with Crippen molar-refractivity contribution in [1.29, 1.82) is 0 Å². The Morgan fingerprint density at radius 3 is 2.23 bits per heavy atom. The molecular formula is C29H42S. The summed E-state index contributed by atoms with van der Waals surface area (Å²) in [6.45, 7) is 4.55. The molecule has 164 valence electrons. The third-order valence-electron chi connectivity index (χ3n) is 5.65. The minimum Gasteiger partial charge on any atom is -0.126 e. The smallest absolute Gasteiger partial charge is 0.00723 e. The van der Waals surface area contributed by atoms with Gasteiger partial charge in [0.25, 0.3) is 0 Å². The van der Waals surface area contributed by atoms with Crippen LogP contribution in [0, 0.1) is 0 Å². The topological polar surface area (TPSA) is 0 Å². The van der Waals surface area contributed by atoms with Crippen LogP contribution in [-0.2, 0) is 0 Å². The maximum absolute atomic E-state index is 2.33. The number of hydrogen-bond donors (Lipinski definition) is 0. The molecule has 1 aliphatic carbocycles. The maximum atomic E-state index is 2.33. The fourth-order valence-electron chi connectivity index (χ4n) is 3.68. The molecule has 0 fully saturated rings. The Labute approximate surface area is 190 Å². The zero-order chi connectivity index (χ0) is 21.3. The van der Waals surface area contributed by atoms with Crippen LogP contribution in [-0.4, -0.2) is 5.75 Å². The normalized spacial score (nSPS) is 14.1. The molecule has 0 nitrogen and oxygen atoms in total. The highest BCUT2D eigenvalue weighted by Crippen LogP contribution is 2.22. The molecule has 30 heavy (non-hydrogen) atoms. The number of thioether (sulfide) groups is 1. The molecule has 1 aromatic rings. The molecule has 0 aromatic heterocycles. The van der Waals surface area contributed by atoms with E-state index in [1.807, 2.05) is 11.8 Å². The van der Waals surface area contributed by atoms with Gasteiger partial charge in [0.2, 0.25) is 0 Å². The standard InChI is InChI=1S/C29H42S/c1-3-5-7-9-10-11-14-26-15-13-16-27(18-17-26)19-20-28-21-23-29(24-22-28)30-25-12-8-6-4-2/h13,15,17-24H,3-12,14,16,25H2,1-2H3/b20-19+. The summed E-state index contributed by atoms with van der Waals surface area (Å²) in [6.07, 6.45) is 29.6. The first kappa shape index (κ1) is 24.8. The minimum atomic E-state index is 1.03. The quantitative estimate of drug-likeness (QED) is 0.200. The van der Waals surface area contributed by atoms with Crippen molar-refractivity contribution in [3.8, 4) is 0 Å². The molecule has 2 rings (SSSR count). The van der Waals surface area contributed by atoms with E-state index >= 15 is 0 Å². The SMILES string of the molecule is CCCCCCCCC1=CC=C(/C=C/c2ccc(SCCCCCC)cc2)CC=C1. The minimum absolute atomic E-state index is 1.03. The van der Waals surface area contributed by atoms with Gasteiger partial charge in [-0.2, -0.15) is 0 Å². The highest BCUT2D eigenvalue weighted by Gasteiger charge is 1.99. The summed E-state index contributed by atoms with van der Waals surface area (Å²) in [5.41, 5.74) is 4.16. The Bertz CT molecular complexity index is 688. The molecule has 0 radical (unpaired) electrons. The van der Waals surface area contributed by atoms with Crippen LogP contribution in [0.3, 0.4) is 0 Å². The Morgan fingerprint density at radius 2 is 1.47 bits per heavy atom. The fourth-order valence-corrected chi connectivity index (χ4v) is 4.59. The first-order valence-corrected chi connectivity index (χ1v) is 13.3. The molecule has 1 heteroatoms. The molecule has 0 bridgehead atoms. The van der Waals surface area contributed by atoms with Crippen molar-refractivity contribution in [2.45, 2.75) is 95.8 Å². The maximum Gasteiger partial charge on any atom is 0.00723 e. The summed E-state index contributed by atoms with van der Waals surface area (Å²) in [5.74, 6) is 1.24. The molecule has 0 heterocycles. The van der Waals surface area contributed by atoms with Crippen LogP contribution in [0.1, 0.15) is 96.5 Å². The van der Waals surface area contributed by atoms with Crippen molar-refractivity contribution in [2.75, 3.05) is 5.75 Å². The van der Waals surface area contributed by atoms with Crippen molar-refractivity contribution in [2.24, 2.45) is 0 Å². The zero-order valence-corrected chi connectivity index (χ0v) is 20.2. The number of hydrogen-bond acceptors (Lipinski definition) is 1. The second kappa shape index (κ2) is 16.3. The number of allylic oxidation sites excluding steroid dienone is 7. The van der Waals surface area contributed by atoms with E-state index in [-0.39, 0.29) is 0 Å². The lowest BCUT2D eigenvalue weighted by Crippen LogP contribution is -1.82. The van der Waals surface area contributed by atoms with E-state index in [1.54, 1.807) is 0 Å². The first-order valence-electron chi connectivity index (χ1n) is 12.3. The molecule has 0 saturated carbocycles. The Morgan fingerprint density at radius 1 is 0.767 bits per heavy atom. The van der Waals surface area contributed by atoms with Gasteiger partial charge in [-0.1, -0.05) is 114 Å². The van der Waals surface area contributed by atoms with Crippen molar-refractivity contribution in [3.05, 3.63) is 71.4 Å². The summed E-state index contributed by atoms with van der Waals surface area (Å²) in [7, 11) is 0. The van der Waals surface area contributed by atoms with Gasteiger partial charge in [-0.25, -0.2) is 0 Å². The molecule has 1 aliphatic rings. The second-order valence-electron chi connectivity index (χ2n) is 8.42. The van der Waals surface area contributed by atoms with Gasteiger partial charge in [-0.05, 0) is 60.3 Å². The largest absolute Gasteiger partial charge is 0.126 e. The van der Waals surface area contributed by atoms with E-state index in [0.717, 1.165) is 6.42 Å². The van der Waals surface area contributed by atoms with Crippen LogP contribution in [0.4, 0.5) is 0 Å². The van der Waals surface area contributed by atoms with Gasteiger partial charge in [0.05, 0.1) is 0 Å². The van der Waals surface area contributed by atoms with Crippen LogP contribution >= 0.6 is 11.8 Å². The highest BCUT2D eigenvalue weighted by molar-refractivity contribution is 7.99. The van der Waals surface area contributed by atoms with E-state index in [1.165, 1.54) is 98.0 Å². The molecule has 1 aromatic carbocycles. The van der Waals surface area contributed by atoms with Crippen LogP contribution in [0.2, 0.25) is 0 Å². The lowest BCUT2D eigenvalue weighted by Gasteiger charge is -2.02. The summed E-state index contributed by atoms with van der Waals surface area (Å²) >= 11 is 1.99. The van der Waals surface area contributed by atoms with E-state index < -0.39 is 0 Å². The third kappa shape index (κ3) is 11.1. The summed E-state index contributed by atoms with van der Waals surface area (Å²) in [6, 6.07) is 9.03. The molecule has 0 saturated heterocycles. The van der Waals surface area contributed by atoms with E-state index in [2.05, 4.69) is 74.6 Å². The van der Waals surface area contributed by atoms with Crippen LogP contribution in [0.5, 0.6) is 0 Å². The molecule has 0 atom stereocenters. The molecule has 0 aliphatic heterocycles. The molecule has 0 unspecified atom stereocenters. The fraction of sp³-hybridized carbons (Fsp3) is 0.517.